The molecule has 5 heteroatoms. The lowest BCUT2D eigenvalue weighted by Gasteiger charge is -2.08. The van der Waals surface area contributed by atoms with E-state index in [1.807, 2.05) is 0 Å². The van der Waals surface area contributed by atoms with Gasteiger partial charge in [0.25, 0.3) is 0 Å². The number of hydroxylamine groups is 1. The molecule has 0 bridgehead atoms. The van der Waals surface area contributed by atoms with Gasteiger partial charge >= 0.3 is 0 Å². The lowest BCUT2D eigenvalue weighted by Crippen LogP contribution is -2.12. The fourth-order valence-electron chi connectivity index (χ4n) is 1.07. The number of para-hydroxylation sites is 1. The topological polar surface area (TPSA) is 30.5 Å². The van der Waals surface area contributed by atoms with Gasteiger partial charge in [-0.05, 0) is 6.07 Å². The zero-order valence-electron chi connectivity index (χ0n) is 8.04. The lowest BCUT2D eigenvalue weighted by molar-refractivity contribution is 0.0860. The first-order valence-electron chi connectivity index (χ1n) is 3.86. The third-order valence-corrected chi connectivity index (χ3v) is 1.66. The molecular formula is C9H13BrFNO2. The Hall–Kier alpha value is -0.650. The van der Waals surface area contributed by atoms with Gasteiger partial charge in [0.15, 0.2) is 11.6 Å². The van der Waals surface area contributed by atoms with Gasteiger partial charge in [-0.25, -0.2) is 4.39 Å². The quantitative estimate of drug-likeness (QED) is 0.846. The van der Waals surface area contributed by atoms with Crippen molar-refractivity contribution in [1.29, 1.82) is 0 Å². The van der Waals surface area contributed by atoms with E-state index in [1.54, 1.807) is 12.1 Å². The Morgan fingerprint density at radius 3 is 2.64 bits per heavy atom. The molecule has 0 aliphatic rings. The van der Waals surface area contributed by atoms with E-state index in [1.165, 1.54) is 20.3 Å². The van der Waals surface area contributed by atoms with E-state index in [-0.39, 0.29) is 28.5 Å². The van der Waals surface area contributed by atoms with Crippen molar-refractivity contribution in [3.05, 3.63) is 29.6 Å². The minimum atomic E-state index is -0.363. The average Bonchev–Trinajstić information content (AvgIpc) is 2.15. The molecule has 14 heavy (non-hydrogen) atoms. The van der Waals surface area contributed by atoms with E-state index in [0.717, 1.165) is 5.56 Å². The van der Waals surface area contributed by atoms with Crippen molar-refractivity contribution in [2.45, 2.75) is 6.54 Å². The predicted molar refractivity (Wildman–Crippen MR) is 57.1 cm³/mol. The van der Waals surface area contributed by atoms with Crippen LogP contribution in [-0.2, 0) is 11.4 Å². The molecule has 1 aromatic carbocycles. The minimum Gasteiger partial charge on any atom is -0.493 e. The molecule has 0 saturated heterocycles. The molecule has 80 valence electrons. The number of nitrogens with one attached hydrogen (secondary N) is 1. The molecular weight excluding hydrogens is 253 g/mol. The van der Waals surface area contributed by atoms with Crippen molar-refractivity contribution in [2.24, 2.45) is 0 Å². The highest BCUT2D eigenvalue weighted by molar-refractivity contribution is 8.93. The number of hydrogen-bond acceptors (Lipinski definition) is 3. The number of rotatable bonds is 4. The average molecular weight is 266 g/mol. The van der Waals surface area contributed by atoms with Crippen LogP contribution in [0.5, 0.6) is 5.75 Å². The lowest BCUT2D eigenvalue weighted by atomic mass is 10.2. The molecule has 0 amide bonds. The van der Waals surface area contributed by atoms with E-state index >= 15 is 0 Å². The number of halogens is 2. The maximum atomic E-state index is 13.1. The number of ether oxygens (including phenoxy) is 1. The Balaban J connectivity index is 0.00000169. The number of methoxy groups -OCH3 is 1. The first kappa shape index (κ1) is 13.4. The first-order chi connectivity index (χ1) is 6.29. The monoisotopic (exact) mass is 265 g/mol. The summed E-state index contributed by atoms with van der Waals surface area (Å²) < 4.78 is 18.0. The van der Waals surface area contributed by atoms with Gasteiger partial charge in [0.2, 0.25) is 0 Å². The van der Waals surface area contributed by atoms with E-state index in [2.05, 4.69) is 10.3 Å². The van der Waals surface area contributed by atoms with E-state index in [4.69, 9.17) is 4.74 Å². The second-order valence-electron chi connectivity index (χ2n) is 2.46. The molecule has 1 rings (SSSR count). The fourth-order valence-corrected chi connectivity index (χ4v) is 1.07. The fraction of sp³-hybridized carbons (Fsp3) is 0.333. The van der Waals surface area contributed by atoms with Gasteiger partial charge in [-0.3, -0.25) is 0 Å². The smallest absolute Gasteiger partial charge is 0.165 e. The second kappa shape index (κ2) is 6.75. The van der Waals surface area contributed by atoms with Crippen LogP contribution in [0.2, 0.25) is 0 Å². The summed E-state index contributed by atoms with van der Waals surface area (Å²) in [7, 11) is 2.94. The first-order valence-corrected chi connectivity index (χ1v) is 3.86. The van der Waals surface area contributed by atoms with Crippen LogP contribution in [0.1, 0.15) is 5.56 Å². The normalized spacial score (nSPS) is 9.36. The highest BCUT2D eigenvalue weighted by Crippen LogP contribution is 2.21. The summed E-state index contributed by atoms with van der Waals surface area (Å²) in [4.78, 5) is 4.66. The summed E-state index contributed by atoms with van der Waals surface area (Å²) in [6.45, 7) is 0.414. The summed E-state index contributed by atoms with van der Waals surface area (Å²) >= 11 is 0. The maximum Gasteiger partial charge on any atom is 0.165 e. The van der Waals surface area contributed by atoms with Gasteiger partial charge in [-0.1, -0.05) is 12.1 Å². The van der Waals surface area contributed by atoms with Gasteiger partial charge in [-0.15, -0.1) is 17.0 Å². The van der Waals surface area contributed by atoms with Gasteiger partial charge < -0.3 is 9.57 Å². The molecule has 0 fully saturated rings. The van der Waals surface area contributed by atoms with E-state index < -0.39 is 0 Å². The minimum absolute atomic E-state index is 0. The highest BCUT2D eigenvalue weighted by Gasteiger charge is 2.07. The largest absolute Gasteiger partial charge is 0.493 e. The molecule has 0 saturated carbocycles. The standard InChI is InChI=1S/C9H12FNO2.BrH/c1-12-9-7(6-11-13-2)4-3-5-8(9)10;/h3-5,11H,6H2,1-2H3;1H. The molecule has 1 aromatic rings. The van der Waals surface area contributed by atoms with Crippen LogP contribution in [0, 0.1) is 5.82 Å². The van der Waals surface area contributed by atoms with Crippen molar-refractivity contribution in [3.8, 4) is 5.75 Å². The Bertz CT molecular complexity index is 284. The third kappa shape index (κ3) is 3.25. The molecule has 0 unspecified atom stereocenters. The Morgan fingerprint density at radius 2 is 2.07 bits per heavy atom. The van der Waals surface area contributed by atoms with Crippen molar-refractivity contribution in [1.82, 2.24) is 5.48 Å². The second-order valence-corrected chi connectivity index (χ2v) is 2.46. The van der Waals surface area contributed by atoms with Crippen molar-refractivity contribution in [3.63, 3.8) is 0 Å². The van der Waals surface area contributed by atoms with Gasteiger partial charge in [0, 0.05) is 12.1 Å². The summed E-state index contributed by atoms with van der Waals surface area (Å²) in [6.07, 6.45) is 0. The van der Waals surface area contributed by atoms with Crippen molar-refractivity contribution >= 4 is 17.0 Å². The van der Waals surface area contributed by atoms with E-state index in [9.17, 15) is 4.39 Å². The third-order valence-electron chi connectivity index (χ3n) is 1.66. The zero-order chi connectivity index (χ0) is 9.68. The summed E-state index contributed by atoms with van der Waals surface area (Å²) in [5, 5.41) is 0. The SMILES string of the molecule is Br.CONCc1cccc(F)c1OC. The van der Waals surface area contributed by atoms with Crippen LogP contribution in [0.4, 0.5) is 4.39 Å². The van der Waals surface area contributed by atoms with Gasteiger partial charge in [0.1, 0.15) is 0 Å². The molecule has 3 nitrogen and oxygen atoms in total. The highest BCUT2D eigenvalue weighted by atomic mass is 79.9. The molecule has 1 N–H and O–H groups in total. The Labute approximate surface area is 92.9 Å². The Kier molecular flexibility index (Phi) is 6.44. The molecule has 0 aliphatic carbocycles. The van der Waals surface area contributed by atoms with Crippen LogP contribution < -0.4 is 10.2 Å². The summed E-state index contributed by atoms with van der Waals surface area (Å²) in [6, 6.07) is 4.76. The Morgan fingerprint density at radius 1 is 1.36 bits per heavy atom. The maximum absolute atomic E-state index is 13.1. The van der Waals surface area contributed by atoms with Crippen LogP contribution in [0.3, 0.4) is 0 Å². The zero-order valence-corrected chi connectivity index (χ0v) is 9.75. The van der Waals surface area contributed by atoms with Crippen molar-refractivity contribution in [2.75, 3.05) is 14.2 Å². The van der Waals surface area contributed by atoms with Crippen molar-refractivity contribution < 1.29 is 14.0 Å². The van der Waals surface area contributed by atoms with E-state index in [0.29, 0.717) is 6.54 Å². The molecule has 0 heterocycles. The summed E-state index contributed by atoms with van der Waals surface area (Å²) in [5.41, 5.74) is 3.35. The molecule has 0 radical (unpaired) electrons. The van der Waals surface area contributed by atoms with Crippen LogP contribution in [-0.4, -0.2) is 14.2 Å². The number of hydrogen-bond donors (Lipinski definition) is 1. The molecule has 0 spiro atoms. The predicted octanol–water partition coefficient (Wildman–Crippen LogP) is 2.06. The molecule has 0 aromatic heterocycles. The number of benzene rings is 1. The molecule has 0 atom stereocenters. The van der Waals surface area contributed by atoms with Gasteiger partial charge in [-0.2, -0.15) is 5.48 Å². The van der Waals surface area contributed by atoms with Crippen LogP contribution in [0.25, 0.3) is 0 Å². The van der Waals surface area contributed by atoms with Crippen LogP contribution >= 0.6 is 17.0 Å². The molecule has 0 aliphatic heterocycles. The van der Waals surface area contributed by atoms with Gasteiger partial charge in [0.05, 0.1) is 14.2 Å². The van der Waals surface area contributed by atoms with Crippen LogP contribution in [0.15, 0.2) is 18.2 Å². The summed E-state index contributed by atoms with van der Waals surface area (Å²) in [5.74, 6) is -0.107.